The number of nitrogens with zero attached hydrogens (tertiary/aromatic N) is 3. The van der Waals surface area contributed by atoms with E-state index in [-0.39, 0.29) is 29.6 Å². The number of carbonyl (C=O) groups is 2. The van der Waals surface area contributed by atoms with Crippen LogP contribution in [0.15, 0.2) is 42.6 Å². The smallest absolute Gasteiger partial charge is 0.407 e. The molecule has 0 spiro atoms. The molecule has 1 aromatic carbocycles. The maximum atomic E-state index is 14.0. The van der Waals surface area contributed by atoms with Gasteiger partial charge in [-0.25, -0.2) is 9.31 Å². The topological polar surface area (TPSA) is 86.9 Å². The third-order valence-electron chi connectivity index (χ3n) is 9.56. The molecule has 2 bridgehead atoms. The van der Waals surface area contributed by atoms with Crippen molar-refractivity contribution in [1.82, 2.24) is 19.5 Å². The molecule has 3 aliphatic carbocycles. The predicted octanol–water partition coefficient (Wildman–Crippen LogP) is 6.81. The zero-order valence-corrected chi connectivity index (χ0v) is 25.1. The van der Waals surface area contributed by atoms with Crippen LogP contribution in [0.4, 0.5) is 4.79 Å². The molecule has 3 unspecified atom stereocenters. The Hall–Kier alpha value is -3.81. The number of hydrogen-bond donors (Lipinski definition) is 1. The first-order chi connectivity index (χ1) is 20.1. The van der Waals surface area contributed by atoms with Crippen LogP contribution in [0.3, 0.4) is 0 Å². The molecule has 0 aliphatic heterocycles. The fourth-order valence-electron chi connectivity index (χ4n) is 7.50. The van der Waals surface area contributed by atoms with Crippen LogP contribution in [0.25, 0.3) is 27.8 Å². The molecule has 0 saturated heterocycles. The van der Waals surface area contributed by atoms with Crippen molar-refractivity contribution in [2.45, 2.75) is 78.0 Å². The van der Waals surface area contributed by atoms with E-state index in [0.29, 0.717) is 17.2 Å². The van der Waals surface area contributed by atoms with Gasteiger partial charge < -0.3 is 19.4 Å². The number of ketones is 1. The molecule has 3 fully saturated rings. The summed E-state index contributed by atoms with van der Waals surface area (Å²) < 4.78 is 15.6. The number of para-hydroxylation sites is 1. The Morgan fingerprint density at radius 3 is 2.62 bits per heavy atom. The van der Waals surface area contributed by atoms with E-state index in [1.165, 1.54) is 23.7 Å². The third-order valence-corrected chi connectivity index (χ3v) is 9.56. The van der Waals surface area contributed by atoms with Gasteiger partial charge in [-0.1, -0.05) is 18.2 Å². The summed E-state index contributed by atoms with van der Waals surface area (Å²) in [6, 6.07) is 12.6. The van der Waals surface area contributed by atoms with Crippen molar-refractivity contribution in [1.29, 1.82) is 0 Å². The number of ether oxygens (including phenoxy) is 2. The number of amides is 1. The summed E-state index contributed by atoms with van der Waals surface area (Å²) in [5.74, 6) is 1.69. The Bertz CT molecular complexity index is 1710. The van der Waals surface area contributed by atoms with Gasteiger partial charge in [0.05, 0.1) is 12.8 Å². The number of benzene rings is 1. The van der Waals surface area contributed by atoms with Crippen molar-refractivity contribution in [2.75, 3.05) is 7.11 Å². The van der Waals surface area contributed by atoms with E-state index in [2.05, 4.69) is 47.1 Å². The van der Waals surface area contributed by atoms with Gasteiger partial charge in [0.25, 0.3) is 0 Å². The van der Waals surface area contributed by atoms with Gasteiger partial charge >= 0.3 is 6.09 Å². The number of Topliss-reactive ketones (excluding diaryl/α,β-unsaturated/α-hetero) is 1. The van der Waals surface area contributed by atoms with Crippen LogP contribution in [0.5, 0.6) is 5.75 Å². The van der Waals surface area contributed by atoms with Gasteiger partial charge in [0.2, 0.25) is 0 Å². The van der Waals surface area contributed by atoms with E-state index in [4.69, 9.17) is 14.6 Å². The number of rotatable bonds is 7. The van der Waals surface area contributed by atoms with Gasteiger partial charge in [0.15, 0.2) is 5.78 Å². The zero-order chi connectivity index (χ0) is 29.3. The van der Waals surface area contributed by atoms with E-state index >= 15 is 0 Å². The number of pyridine rings is 1. The van der Waals surface area contributed by atoms with Crippen LogP contribution in [0.2, 0.25) is 0 Å². The summed E-state index contributed by atoms with van der Waals surface area (Å²) in [5, 5.41) is 9.37. The van der Waals surface area contributed by atoms with Crippen LogP contribution in [-0.4, -0.2) is 44.8 Å². The molecule has 1 amide bonds. The maximum absolute atomic E-state index is 14.0. The quantitative estimate of drug-likeness (QED) is 0.248. The molecule has 4 aromatic rings. The van der Waals surface area contributed by atoms with Crippen LogP contribution in [-0.2, 0) is 11.3 Å². The Kier molecular flexibility index (Phi) is 6.37. The molecule has 8 nitrogen and oxygen atoms in total. The summed E-state index contributed by atoms with van der Waals surface area (Å²) in [5.41, 5.74) is 5.19. The molecule has 3 saturated carbocycles. The summed E-state index contributed by atoms with van der Waals surface area (Å²) in [7, 11) is 1.65. The highest BCUT2D eigenvalue weighted by molar-refractivity contribution is 5.99. The number of aryl methyl sites for hydroxylation is 1. The molecule has 0 radical (unpaired) electrons. The number of fused-ring (bicyclic) bond motifs is 4. The van der Waals surface area contributed by atoms with Crippen molar-refractivity contribution in [3.05, 3.63) is 53.7 Å². The molecule has 8 heteroatoms. The molecular formula is C34H40N4O4. The number of carbonyl (C=O) groups excluding carboxylic acids is 2. The predicted molar refractivity (Wildman–Crippen MR) is 162 cm³/mol. The lowest BCUT2D eigenvalue weighted by atomic mass is 9.83. The van der Waals surface area contributed by atoms with Crippen molar-refractivity contribution in [3.8, 4) is 17.1 Å². The molecule has 3 aliphatic rings. The summed E-state index contributed by atoms with van der Waals surface area (Å²) in [6.07, 6.45) is 6.73. The monoisotopic (exact) mass is 568 g/mol. The second kappa shape index (κ2) is 9.89. The van der Waals surface area contributed by atoms with Crippen LogP contribution in [0, 0.1) is 30.6 Å². The Morgan fingerprint density at radius 2 is 1.88 bits per heavy atom. The Labute approximate surface area is 246 Å². The first kappa shape index (κ1) is 27.0. The third kappa shape index (κ3) is 4.65. The highest BCUT2D eigenvalue weighted by Gasteiger charge is 2.51. The van der Waals surface area contributed by atoms with Crippen molar-refractivity contribution in [3.63, 3.8) is 0 Å². The average molecular weight is 569 g/mol. The van der Waals surface area contributed by atoms with E-state index in [1.54, 1.807) is 7.11 Å². The molecule has 3 heterocycles. The summed E-state index contributed by atoms with van der Waals surface area (Å²) in [6.45, 7) is 8.66. The summed E-state index contributed by atoms with van der Waals surface area (Å²) in [4.78, 5) is 26.6. The normalized spacial score (nSPS) is 23.5. The fraction of sp³-hybridized carbons (Fsp3) is 0.500. The van der Waals surface area contributed by atoms with Gasteiger partial charge in [0, 0.05) is 46.7 Å². The highest BCUT2D eigenvalue weighted by Crippen LogP contribution is 2.50. The van der Waals surface area contributed by atoms with E-state index in [0.717, 1.165) is 48.3 Å². The highest BCUT2D eigenvalue weighted by atomic mass is 16.6. The lowest BCUT2D eigenvalue weighted by Gasteiger charge is -2.24. The van der Waals surface area contributed by atoms with E-state index in [1.807, 2.05) is 37.5 Å². The lowest BCUT2D eigenvalue weighted by Crippen LogP contribution is -2.42. The Morgan fingerprint density at radius 1 is 1.10 bits per heavy atom. The average Bonchev–Trinajstić information content (AvgIpc) is 3.29. The first-order valence-corrected chi connectivity index (χ1v) is 15.3. The molecule has 7 rings (SSSR count). The van der Waals surface area contributed by atoms with Crippen LogP contribution < -0.4 is 10.1 Å². The first-order valence-electron chi connectivity index (χ1n) is 15.3. The molecule has 42 heavy (non-hydrogen) atoms. The minimum absolute atomic E-state index is 0.0358. The second-order valence-electron chi connectivity index (χ2n) is 13.6. The number of methoxy groups -OCH3 is 1. The standard InChI is InChI=1S/C34H40N4O4/c1-19-29(27-15-21-8-6-7-9-26(21)37(27)17-20-10-11-20)36-38-18-23(16-28(41-5)31(19)38)32(39)25-14-22-12-13-24(25)30(22)35-33(40)42-34(2,3)4/h6-9,15-16,18,20,22,24-25,30H,10-14,17H2,1-5H3,(H,35,40)/t22?,24?,25?,30-/m1/s1. The maximum Gasteiger partial charge on any atom is 0.407 e. The van der Waals surface area contributed by atoms with Crippen molar-refractivity contribution in [2.24, 2.45) is 23.7 Å². The van der Waals surface area contributed by atoms with E-state index < -0.39 is 11.7 Å². The fourth-order valence-corrected chi connectivity index (χ4v) is 7.50. The molecule has 1 N–H and O–H groups in total. The largest absolute Gasteiger partial charge is 0.494 e. The Balaban J connectivity index is 1.22. The SMILES string of the molecule is COc1cc(C(=O)C2CC3CCC2[C@@H]3NC(=O)OC(C)(C)C)cn2nc(-c3cc4ccccc4n3CC3CC3)c(C)c12. The lowest BCUT2D eigenvalue weighted by molar-refractivity contribution is 0.0486. The van der Waals surface area contributed by atoms with Gasteiger partial charge in [-0.15, -0.1) is 0 Å². The van der Waals surface area contributed by atoms with Crippen LogP contribution >= 0.6 is 0 Å². The second-order valence-corrected chi connectivity index (χ2v) is 13.6. The molecular weight excluding hydrogens is 528 g/mol. The molecule has 4 atom stereocenters. The zero-order valence-electron chi connectivity index (χ0n) is 25.1. The van der Waals surface area contributed by atoms with Gasteiger partial charge in [-0.3, -0.25) is 4.79 Å². The van der Waals surface area contributed by atoms with Crippen LogP contribution in [0.1, 0.15) is 68.8 Å². The van der Waals surface area contributed by atoms with Crippen molar-refractivity contribution >= 4 is 28.3 Å². The number of nitrogens with one attached hydrogen (secondary N) is 1. The van der Waals surface area contributed by atoms with Gasteiger partial charge in [0.1, 0.15) is 22.6 Å². The van der Waals surface area contributed by atoms with Gasteiger partial charge in [-0.05, 0) is 95.8 Å². The number of aromatic nitrogens is 3. The minimum atomic E-state index is -0.560. The molecule has 3 aromatic heterocycles. The minimum Gasteiger partial charge on any atom is -0.494 e. The molecule has 220 valence electrons. The summed E-state index contributed by atoms with van der Waals surface area (Å²) >= 11 is 0. The number of alkyl carbamates (subject to hydrolysis) is 1. The van der Waals surface area contributed by atoms with E-state index in [9.17, 15) is 9.59 Å². The number of hydrogen-bond acceptors (Lipinski definition) is 5. The van der Waals surface area contributed by atoms with Gasteiger partial charge in [-0.2, -0.15) is 5.10 Å². The van der Waals surface area contributed by atoms with Crippen molar-refractivity contribution < 1.29 is 19.1 Å².